The van der Waals surface area contributed by atoms with Gasteiger partial charge < -0.3 is 19.7 Å². The zero-order chi connectivity index (χ0) is 29.5. The number of ether oxygens (including phenoxy) is 2. The Balaban J connectivity index is 1.34. The van der Waals surface area contributed by atoms with Crippen LogP contribution in [0.1, 0.15) is 54.4 Å². The number of likely N-dealkylation sites (N-methyl/N-ethyl adjacent to an activating group) is 1. The van der Waals surface area contributed by atoms with Gasteiger partial charge in [-0.05, 0) is 80.5 Å². The standard InChI is InChI=1S/C30H35FN4O6/c1-18(40-3)25(32-26(36)23-17-20(19-5-6-19)7-12-24(23)31)27(37)34-15-13-30(14-16-34)28(38)33(2)29(39)35(30)21-8-10-22(41-4)11-9-21/h7-12,17-19,25H,5-6,13-16H2,1-4H3,(H,32,36)/t18-,25-/m1/s1. The SMILES string of the molecule is COc1ccc(N2C(=O)N(C)C(=O)C23CCN(C(=O)[C@H](NC(=O)c2cc(C4CC4)ccc2F)[C@@H](C)OC)CC3)cc1. The molecule has 3 fully saturated rings. The Bertz CT molecular complexity index is 1350. The third-order valence-corrected chi connectivity index (χ3v) is 8.52. The zero-order valence-electron chi connectivity index (χ0n) is 23.7. The number of carbonyl (C=O) groups excluding carboxylic acids is 4. The lowest BCUT2D eigenvalue weighted by Gasteiger charge is -2.43. The molecule has 1 spiro atoms. The van der Waals surface area contributed by atoms with Crippen LogP contribution in [-0.2, 0) is 14.3 Å². The van der Waals surface area contributed by atoms with Gasteiger partial charge in [0.05, 0.1) is 18.8 Å². The summed E-state index contributed by atoms with van der Waals surface area (Å²) in [5.41, 5.74) is 0.209. The number of anilines is 1. The number of halogens is 1. The number of benzene rings is 2. The molecule has 0 aromatic heterocycles. The smallest absolute Gasteiger partial charge is 0.331 e. The Morgan fingerprint density at radius 2 is 1.71 bits per heavy atom. The first-order valence-electron chi connectivity index (χ1n) is 13.8. The first-order valence-corrected chi connectivity index (χ1v) is 13.8. The van der Waals surface area contributed by atoms with E-state index in [0.717, 1.165) is 23.3 Å². The molecule has 11 heteroatoms. The van der Waals surface area contributed by atoms with Gasteiger partial charge in [0.1, 0.15) is 23.1 Å². The van der Waals surface area contributed by atoms with Crippen LogP contribution < -0.4 is 15.0 Å². The van der Waals surface area contributed by atoms with Crippen LogP contribution in [0.2, 0.25) is 0 Å². The summed E-state index contributed by atoms with van der Waals surface area (Å²) < 4.78 is 25.3. The number of urea groups is 1. The number of hydrogen-bond donors (Lipinski definition) is 1. The Morgan fingerprint density at radius 1 is 1.05 bits per heavy atom. The van der Waals surface area contributed by atoms with E-state index < -0.39 is 41.3 Å². The van der Waals surface area contributed by atoms with Crippen LogP contribution in [0.15, 0.2) is 42.5 Å². The highest BCUT2D eigenvalue weighted by Gasteiger charge is 2.58. The molecule has 5 amide bonds. The molecule has 2 aromatic carbocycles. The summed E-state index contributed by atoms with van der Waals surface area (Å²) in [6.07, 6.45) is 1.73. The molecule has 1 saturated carbocycles. The van der Waals surface area contributed by atoms with Gasteiger partial charge in [0.15, 0.2) is 0 Å². The fourth-order valence-corrected chi connectivity index (χ4v) is 5.77. The van der Waals surface area contributed by atoms with E-state index in [4.69, 9.17) is 9.47 Å². The number of imide groups is 1. The van der Waals surface area contributed by atoms with Gasteiger partial charge in [-0.1, -0.05) is 6.07 Å². The number of carbonyl (C=O) groups is 4. The van der Waals surface area contributed by atoms with Gasteiger partial charge >= 0.3 is 6.03 Å². The fraction of sp³-hybridized carbons (Fsp3) is 0.467. The number of rotatable bonds is 8. The largest absolute Gasteiger partial charge is 0.497 e. The topological polar surface area (TPSA) is 108 Å². The molecule has 2 aliphatic heterocycles. The number of likely N-dealkylation sites (tertiary alicyclic amines) is 1. The van der Waals surface area contributed by atoms with Crippen LogP contribution in [0.3, 0.4) is 0 Å². The van der Waals surface area contributed by atoms with E-state index in [1.54, 1.807) is 55.3 Å². The lowest BCUT2D eigenvalue weighted by atomic mass is 9.85. The minimum Gasteiger partial charge on any atom is -0.497 e. The van der Waals surface area contributed by atoms with E-state index in [1.807, 2.05) is 0 Å². The summed E-state index contributed by atoms with van der Waals surface area (Å²) in [5.74, 6) is -1.12. The molecule has 3 aliphatic rings. The number of nitrogens with one attached hydrogen (secondary N) is 1. The van der Waals surface area contributed by atoms with E-state index in [-0.39, 0.29) is 37.4 Å². The third kappa shape index (κ3) is 5.14. The number of methoxy groups -OCH3 is 2. The molecule has 2 aromatic rings. The fourth-order valence-electron chi connectivity index (χ4n) is 5.77. The second-order valence-electron chi connectivity index (χ2n) is 10.9. The minimum atomic E-state index is -1.14. The van der Waals surface area contributed by atoms with Gasteiger partial charge in [0, 0.05) is 32.9 Å². The number of hydrogen-bond acceptors (Lipinski definition) is 6. The Morgan fingerprint density at radius 3 is 2.29 bits per heavy atom. The van der Waals surface area contributed by atoms with E-state index >= 15 is 0 Å². The van der Waals surface area contributed by atoms with Crippen molar-refractivity contribution in [2.24, 2.45) is 0 Å². The predicted molar refractivity (Wildman–Crippen MR) is 148 cm³/mol. The highest BCUT2D eigenvalue weighted by molar-refractivity contribution is 6.16. The molecule has 218 valence electrons. The van der Waals surface area contributed by atoms with Gasteiger partial charge in [-0.2, -0.15) is 0 Å². The van der Waals surface area contributed by atoms with E-state index in [0.29, 0.717) is 17.4 Å². The first kappa shape index (κ1) is 28.5. The average Bonchev–Trinajstić information content (AvgIpc) is 3.82. The predicted octanol–water partition coefficient (Wildman–Crippen LogP) is 3.30. The summed E-state index contributed by atoms with van der Waals surface area (Å²) in [7, 11) is 4.43. The van der Waals surface area contributed by atoms with Crippen LogP contribution >= 0.6 is 0 Å². The second-order valence-corrected chi connectivity index (χ2v) is 10.9. The lowest BCUT2D eigenvalue weighted by molar-refractivity contribution is -0.141. The molecular formula is C30H35FN4O6. The second kappa shape index (κ2) is 11.1. The van der Waals surface area contributed by atoms with Crippen LogP contribution in [0.25, 0.3) is 0 Å². The first-order chi connectivity index (χ1) is 19.6. The number of amides is 5. The van der Waals surface area contributed by atoms with E-state index in [1.165, 1.54) is 25.1 Å². The molecule has 5 rings (SSSR count). The van der Waals surface area contributed by atoms with E-state index in [2.05, 4.69) is 5.32 Å². The summed E-state index contributed by atoms with van der Waals surface area (Å²) in [6.45, 7) is 2.00. The molecule has 41 heavy (non-hydrogen) atoms. The maximum Gasteiger partial charge on any atom is 0.331 e. The maximum atomic E-state index is 14.6. The molecule has 2 heterocycles. The highest BCUT2D eigenvalue weighted by Crippen LogP contribution is 2.41. The molecule has 2 atom stereocenters. The van der Waals surface area contributed by atoms with Gasteiger partial charge in [-0.3, -0.25) is 24.2 Å². The van der Waals surface area contributed by atoms with Gasteiger partial charge in [0.25, 0.3) is 11.8 Å². The molecular weight excluding hydrogens is 531 g/mol. The van der Waals surface area contributed by atoms with Gasteiger partial charge in [-0.15, -0.1) is 0 Å². The molecule has 10 nitrogen and oxygen atoms in total. The summed E-state index contributed by atoms with van der Waals surface area (Å²) in [5, 5.41) is 2.69. The quantitative estimate of drug-likeness (QED) is 0.492. The van der Waals surface area contributed by atoms with Crippen LogP contribution in [-0.4, -0.2) is 85.6 Å². The Kier molecular flexibility index (Phi) is 7.74. The molecule has 0 unspecified atom stereocenters. The van der Waals surface area contributed by atoms with Gasteiger partial charge in [-0.25, -0.2) is 9.18 Å². The number of nitrogens with zero attached hydrogens (tertiary/aromatic N) is 3. The Hall–Kier alpha value is -3.99. The van der Waals surface area contributed by atoms with Gasteiger partial charge in [0.2, 0.25) is 5.91 Å². The van der Waals surface area contributed by atoms with Crippen molar-refractivity contribution in [3.63, 3.8) is 0 Å². The van der Waals surface area contributed by atoms with E-state index in [9.17, 15) is 23.6 Å². The molecule has 1 aliphatic carbocycles. The average molecular weight is 567 g/mol. The van der Waals surface area contributed by atoms with Crippen LogP contribution in [0.4, 0.5) is 14.9 Å². The summed E-state index contributed by atoms with van der Waals surface area (Å²) in [6, 6.07) is 9.92. The molecule has 1 N–H and O–H groups in total. The maximum absolute atomic E-state index is 14.6. The third-order valence-electron chi connectivity index (χ3n) is 8.52. The molecule has 0 radical (unpaired) electrons. The minimum absolute atomic E-state index is 0.110. The van der Waals surface area contributed by atoms with Crippen molar-refractivity contribution in [1.29, 1.82) is 0 Å². The van der Waals surface area contributed by atoms with Crippen molar-refractivity contribution in [2.45, 2.75) is 56.2 Å². The summed E-state index contributed by atoms with van der Waals surface area (Å²) in [4.78, 5) is 57.6. The van der Waals surface area contributed by atoms with Crippen LogP contribution in [0, 0.1) is 5.82 Å². The summed E-state index contributed by atoms with van der Waals surface area (Å²) >= 11 is 0. The number of piperidine rings is 1. The van der Waals surface area contributed by atoms with Crippen molar-refractivity contribution in [3.05, 3.63) is 59.4 Å². The highest BCUT2D eigenvalue weighted by atomic mass is 19.1. The zero-order valence-corrected chi connectivity index (χ0v) is 23.7. The molecule has 0 bridgehead atoms. The Labute approximate surface area is 238 Å². The van der Waals surface area contributed by atoms with Crippen molar-refractivity contribution in [1.82, 2.24) is 15.1 Å². The van der Waals surface area contributed by atoms with Crippen molar-refractivity contribution < 1.29 is 33.0 Å². The monoisotopic (exact) mass is 566 g/mol. The van der Waals surface area contributed by atoms with Crippen molar-refractivity contribution >= 4 is 29.4 Å². The van der Waals surface area contributed by atoms with Crippen molar-refractivity contribution in [2.75, 3.05) is 39.3 Å². The lowest BCUT2D eigenvalue weighted by Crippen LogP contribution is -2.61. The molecule has 2 saturated heterocycles. The van der Waals surface area contributed by atoms with Crippen molar-refractivity contribution in [3.8, 4) is 5.75 Å². The van der Waals surface area contributed by atoms with Crippen LogP contribution in [0.5, 0.6) is 5.75 Å². The normalized spacial score (nSPS) is 19.9.